The smallest absolute Gasteiger partial charge is 0.399 e. The monoisotopic (exact) mass is 293 g/mol. The van der Waals surface area contributed by atoms with Crippen molar-refractivity contribution in [1.29, 1.82) is 0 Å². The lowest BCUT2D eigenvalue weighted by molar-refractivity contribution is 0.470. The largest absolute Gasteiger partial charge is 0.399 e. The van der Waals surface area contributed by atoms with Crippen molar-refractivity contribution in [3.63, 3.8) is 0 Å². The first-order valence-electron chi connectivity index (χ1n) is 5.82. The van der Waals surface area contributed by atoms with Gasteiger partial charge in [-0.2, -0.15) is 8.42 Å². The summed E-state index contributed by atoms with van der Waals surface area (Å²) in [4.78, 5) is 2.28. The van der Waals surface area contributed by atoms with E-state index in [0.717, 1.165) is 0 Å². The van der Waals surface area contributed by atoms with Crippen LogP contribution in [0, 0.1) is 0 Å². The van der Waals surface area contributed by atoms with Crippen LogP contribution in [0.1, 0.15) is 0 Å². The van der Waals surface area contributed by atoms with Crippen LogP contribution in [-0.4, -0.2) is 15.5 Å². The van der Waals surface area contributed by atoms with Crippen LogP contribution in [0.15, 0.2) is 54.6 Å². The number of hydrazine groups is 1. The van der Waals surface area contributed by atoms with E-state index >= 15 is 0 Å². The maximum atomic E-state index is 11.9. The molecule has 0 radical (unpaired) electrons. The average Bonchev–Trinajstić information content (AvgIpc) is 2.38. The van der Waals surface area contributed by atoms with E-state index in [1.54, 1.807) is 43.4 Å². The molecular formula is C13H15N3O3S. The van der Waals surface area contributed by atoms with Gasteiger partial charge < -0.3 is 9.92 Å². The van der Waals surface area contributed by atoms with Gasteiger partial charge >= 0.3 is 10.3 Å². The summed E-state index contributed by atoms with van der Waals surface area (Å²) in [5.41, 5.74) is 6.68. The minimum atomic E-state index is -3.98. The number of nitrogens with zero attached hydrogens (tertiary/aromatic N) is 1. The summed E-state index contributed by atoms with van der Waals surface area (Å²) >= 11 is 0. The summed E-state index contributed by atoms with van der Waals surface area (Å²) in [6.45, 7) is 0. The highest BCUT2D eigenvalue weighted by Gasteiger charge is 2.15. The summed E-state index contributed by atoms with van der Waals surface area (Å²) in [5.74, 6) is 0.152. The lowest BCUT2D eigenvalue weighted by Crippen LogP contribution is -2.41. The Balaban J connectivity index is 2.08. The number of hydrogen-bond donors (Lipinski definition) is 2. The standard InChI is InChI=1S/C13H15N3O3S/c1-16(12-7-3-2-4-8-12)15-20(17,18)19-13-9-5-6-11(14)10-13/h2-10,15H,14H2,1H3. The second kappa shape index (κ2) is 5.81. The van der Waals surface area contributed by atoms with E-state index in [1.165, 1.54) is 17.1 Å². The van der Waals surface area contributed by atoms with Crippen LogP contribution < -0.4 is 19.8 Å². The summed E-state index contributed by atoms with van der Waals surface area (Å²) in [6.07, 6.45) is 0. The molecule has 0 saturated heterocycles. The van der Waals surface area contributed by atoms with Gasteiger partial charge in [0.25, 0.3) is 0 Å². The number of para-hydroxylation sites is 1. The van der Waals surface area contributed by atoms with Gasteiger partial charge in [-0.1, -0.05) is 29.1 Å². The molecule has 0 amide bonds. The number of nitrogens with two attached hydrogens (primary N) is 1. The SMILES string of the molecule is CN(NS(=O)(=O)Oc1cccc(N)c1)c1ccccc1. The van der Waals surface area contributed by atoms with Gasteiger partial charge in [0.15, 0.2) is 0 Å². The molecule has 2 aromatic rings. The van der Waals surface area contributed by atoms with Gasteiger partial charge in [0, 0.05) is 18.8 Å². The number of benzene rings is 2. The molecule has 0 fully saturated rings. The van der Waals surface area contributed by atoms with Gasteiger partial charge in [-0.15, -0.1) is 0 Å². The van der Waals surface area contributed by atoms with E-state index < -0.39 is 10.3 Å². The number of nitrogen functional groups attached to an aromatic ring is 1. The zero-order valence-electron chi connectivity index (χ0n) is 10.9. The fraction of sp³-hybridized carbons (Fsp3) is 0.0769. The first kappa shape index (κ1) is 14.2. The first-order valence-corrected chi connectivity index (χ1v) is 7.23. The van der Waals surface area contributed by atoms with Crippen molar-refractivity contribution in [2.45, 2.75) is 0 Å². The summed E-state index contributed by atoms with van der Waals surface area (Å²) in [5, 5.41) is 1.35. The zero-order chi connectivity index (χ0) is 14.6. The fourth-order valence-corrected chi connectivity index (χ4v) is 2.42. The van der Waals surface area contributed by atoms with Gasteiger partial charge in [-0.3, -0.25) is 5.01 Å². The molecule has 106 valence electrons. The molecule has 0 heterocycles. The quantitative estimate of drug-likeness (QED) is 0.645. The van der Waals surface area contributed by atoms with E-state index in [9.17, 15) is 8.42 Å². The second-order valence-corrected chi connectivity index (χ2v) is 5.35. The van der Waals surface area contributed by atoms with Gasteiger partial charge in [-0.05, 0) is 24.3 Å². The maximum absolute atomic E-state index is 11.9. The van der Waals surface area contributed by atoms with Crippen molar-refractivity contribution in [2.24, 2.45) is 0 Å². The molecule has 0 atom stereocenters. The van der Waals surface area contributed by atoms with Gasteiger partial charge in [-0.25, -0.2) is 0 Å². The minimum absolute atomic E-state index is 0.152. The van der Waals surface area contributed by atoms with Crippen LogP contribution in [0.4, 0.5) is 11.4 Å². The molecule has 0 unspecified atom stereocenters. The fourth-order valence-electron chi connectivity index (χ4n) is 1.58. The highest BCUT2D eigenvalue weighted by Crippen LogP contribution is 2.16. The molecular weight excluding hydrogens is 278 g/mol. The molecule has 20 heavy (non-hydrogen) atoms. The van der Waals surface area contributed by atoms with Crippen LogP contribution in [0.5, 0.6) is 5.75 Å². The number of rotatable bonds is 5. The predicted molar refractivity (Wildman–Crippen MR) is 78.4 cm³/mol. The van der Waals surface area contributed by atoms with Crippen LogP contribution >= 0.6 is 0 Å². The Hall–Kier alpha value is -2.25. The average molecular weight is 293 g/mol. The third-order valence-corrected chi connectivity index (χ3v) is 3.37. The van der Waals surface area contributed by atoms with E-state index in [4.69, 9.17) is 9.92 Å². The van der Waals surface area contributed by atoms with Crippen molar-refractivity contribution >= 4 is 21.7 Å². The highest BCUT2D eigenvalue weighted by atomic mass is 32.2. The summed E-state index contributed by atoms with van der Waals surface area (Å²) in [7, 11) is -2.40. The Morgan fingerprint density at radius 2 is 1.80 bits per heavy atom. The molecule has 0 aliphatic carbocycles. The zero-order valence-corrected chi connectivity index (χ0v) is 11.7. The van der Waals surface area contributed by atoms with Crippen molar-refractivity contribution < 1.29 is 12.6 Å². The lowest BCUT2D eigenvalue weighted by Gasteiger charge is -2.19. The normalized spacial score (nSPS) is 11.1. The number of nitrogens with one attached hydrogen (secondary N) is 1. The summed E-state index contributed by atoms with van der Waals surface area (Å²) < 4.78 is 28.7. The van der Waals surface area contributed by atoms with Gasteiger partial charge in [0.1, 0.15) is 5.75 Å². The highest BCUT2D eigenvalue weighted by molar-refractivity contribution is 7.85. The molecule has 7 heteroatoms. The van der Waals surface area contributed by atoms with E-state index in [1.807, 2.05) is 6.07 Å². The van der Waals surface area contributed by atoms with Crippen molar-refractivity contribution in [3.05, 3.63) is 54.6 Å². The molecule has 0 saturated carbocycles. The van der Waals surface area contributed by atoms with E-state index in [-0.39, 0.29) is 5.75 Å². The maximum Gasteiger partial charge on any atom is 0.399 e. The molecule has 0 aromatic heterocycles. The molecule has 0 aliphatic heterocycles. The molecule has 2 rings (SSSR count). The van der Waals surface area contributed by atoms with Crippen LogP contribution in [0.2, 0.25) is 0 Å². The molecule has 0 bridgehead atoms. The molecule has 2 aromatic carbocycles. The molecule has 0 aliphatic rings. The topological polar surface area (TPSA) is 84.7 Å². The Kier molecular flexibility index (Phi) is 4.11. The van der Waals surface area contributed by atoms with Crippen molar-refractivity contribution in [3.8, 4) is 5.75 Å². The lowest BCUT2D eigenvalue weighted by atomic mass is 10.3. The molecule has 0 spiro atoms. The van der Waals surface area contributed by atoms with Gasteiger partial charge in [0.05, 0.1) is 5.69 Å². The number of anilines is 2. The summed E-state index contributed by atoms with van der Waals surface area (Å²) in [6, 6.07) is 15.2. The van der Waals surface area contributed by atoms with E-state index in [2.05, 4.69) is 4.83 Å². The first-order chi connectivity index (χ1) is 9.46. The van der Waals surface area contributed by atoms with E-state index in [0.29, 0.717) is 11.4 Å². The van der Waals surface area contributed by atoms with Crippen molar-refractivity contribution in [2.75, 3.05) is 17.8 Å². The Labute approximate surface area is 118 Å². The Morgan fingerprint density at radius 1 is 1.10 bits per heavy atom. The van der Waals surface area contributed by atoms with Crippen LogP contribution in [0.3, 0.4) is 0 Å². The third-order valence-electron chi connectivity index (χ3n) is 2.46. The number of hydrogen-bond acceptors (Lipinski definition) is 5. The second-order valence-electron chi connectivity index (χ2n) is 4.10. The Morgan fingerprint density at radius 3 is 2.45 bits per heavy atom. The molecule has 6 nitrogen and oxygen atoms in total. The minimum Gasteiger partial charge on any atom is -0.399 e. The van der Waals surface area contributed by atoms with Gasteiger partial charge in [0.2, 0.25) is 0 Å². The Bertz CT molecular complexity index is 674. The third kappa shape index (κ3) is 3.87. The van der Waals surface area contributed by atoms with Crippen LogP contribution in [0.25, 0.3) is 0 Å². The van der Waals surface area contributed by atoms with Crippen molar-refractivity contribution in [1.82, 2.24) is 4.83 Å². The molecule has 3 N–H and O–H groups in total. The van der Waals surface area contributed by atoms with Crippen LogP contribution in [-0.2, 0) is 10.3 Å². The predicted octanol–water partition coefficient (Wildman–Crippen LogP) is 1.53.